The summed E-state index contributed by atoms with van der Waals surface area (Å²) in [5.74, 6) is 0.184. The van der Waals surface area contributed by atoms with Crippen LogP contribution in [0.3, 0.4) is 0 Å². The van der Waals surface area contributed by atoms with Crippen molar-refractivity contribution in [2.24, 2.45) is 11.7 Å². The minimum absolute atomic E-state index is 0.0217. The number of nitrogens with two attached hydrogens (primary N) is 1. The van der Waals surface area contributed by atoms with Crippen molar-refractivity contribution in [3.63, 3.8) is 0 Å². The first kappa shape index (κ1) is 14.5. The molecule has 2 rings (SSSR count). The van der Waals surface area contributed by atoms with E-state index in [1.54, 1.807) is 11.3 Å². The van der Waals surface area contributed by atoms with E-state index in [-0.39, 0.29) is 17.4 Å². The molecule has 4 heteroatoms. The van der Waals surface area contributed by atoms with Gasteiger partial charge in [0.1, 0.15) is 0 Å². The summed E-state index contributed by atoms with van der Waals surface area (Å²) in [5, 5.41) is 2.08. The summed E-state index contributed by atoms with van der Waals surface area (Å²) in [6.45, 7) is 4.83. The lowest BCUT2D eigenvalue weighted by Crippen LogP contribution is -2.52. The highest BCUT2D eigenvalue weighted by atomic mass is 32.1. The Hall–Kier alpha value is -0.870. The number of carbonyl (C=O) groups is 1. The van der Waals surface area contributed by atoms with Gasteiger partial charge in [0.05, 0.1) is 12.5 Å². The second-order valence-corrected chi connectivity index (χ2v) is 7.03. The molecule has 2 N–H and O–H groups in total. The standard InChI is InChI=1S/C15H24N2OS/c1-11-7-9-19-13(11)10-17(3)14(18)12-6-4-5-8-15(12,2)16/h7,9,12H,4-6,8,10,16H2,1-3H3. The molecular formula is C15H24N2OS. The normalized spacial score (nSPS) is 27.3. The summed E-state index contributed by atoms with van der Waals surface area (Å²) in [4.78, 5) is 15.7. The van der Waals surface area contributed by atoms with Crippen molar-refractivity contribution in [2.45, 2.75) is 51.6 Å². The molecule has 0 spiro atoms. The van der Waals surface area contributed by atoms with Crippen LogP contribution in [0, 0.1) is 12.8 Å². The Kier molecular flexibility index (Phi) is 4.31. The SMILES string of the molecule is Cc1ccsc1CN(C)C(=O)C1CCCCC1(C)N. The zero-order valence-electron chi connectivity index (χ0n) is 12.1. The van der Waals surface area contributed by atoms with E-state index in [0.717, 1.165) is 25.7 Å². The van der Waals surface area contributed by atoms with Crippen LogP contribution in [0.4, 0.5) is 0 Å². The van der Waals surface area contributed by atoms with Crippen LogP contribution in [0.25, 0.3) is 0 Å². The van der Waals surface area contributed by atoms with Crippen molar-refractivity contribution in [3.8, 4) is 0 Å². The van der Waals surface area contributed by atoms with Gasteiger partial charge in [-0.3, -0.25) is 4.79 Å². The van der Waals surface area contributed by atoms with E-state index in [9.17, 15) is 4.79 Å². The molecule has 1 aromatic rings. The van der Waals surface area contributed by atoms with Crippen molar-refractivity contribution < 1.29 is 4.79 Å². The molecule has 2 unspecified atom stereocenters. The average molecular weight is 280 g/mol. The topological polar surface area (TPSA) is 46.3 Å². The third kappa shape index (κ3) is 3.18. The number of nitrogens with zero attached hydrogens (tertiary/aromatic N) is 1. The van der Waals surface area contributed by atoms with Gasteiger partial charge in [0.2, 0.25) is 5.91 Å². The van der Waals surface area contributed by atoms with Crippen molar-refractivity contribution in [1.82, 2.24) is 4.90 Å². The van der Waals surface area contributed by atoms with Gasteiger partial charge < -0.3 is 10.6 Å². The molecule has 2 atom stereocenters. The van der Waals surface area contributed by atoms with Crippen LogP contribution in [0.1, 0.15) is 43.0 Å². The highest BCUT2D eigenvalue weighted by molar-refractivity contribution is 7.10. The van der Waals surface area contributed by atoms with E-state index in [1.807, 2.05) is 18.9 Å². The fraction of sp³-hybridized carbons (Fsp3) is 0.667. The molecule has 1 heterocycles. The molecule has 1 aromatic heterocycles. The lowest BCUT2D eigenvalue weighted by molar-refractivity contribution is -0.138. The van der Waals surface area contributed by atoms with Crippen molar-refractivity contribution >= 4 is 17.2 Å². The Morgan fingerprint density at radius 2 is 2.32 bits per heavy atom. The molecule has 0 bridgehead atoms. The summed E-state index contributed by atoms with van der Waals surface area (Å²) >= 11 is 1.72. The summed E-state index contributed by atoms with van der Waals surface area (Å²) in [6.07, 6.45) is 4.15. The minimum atomic E-state index is -0.339. The first-order chi connectivity index (χ1) is 8.92. The van der Waals surface area contributed by atoms with E-state index in [0.29, 0.717) is 6.54 Å². The van der Waals surface area contributed by atoms with Gasteiger partial charge in [-0.2, -0.15) is 0 Å². The summed E-state index contributed by atoms with van der Waals surface area (Å²) in [6, 6.07) is 2.10. The summed E-state index contributed by atoms with van der Waals surface area (Å²) < 4.78 is 0. The molecule has 0 aromatic carbocycles. The van der Waals surface area contributed by atoms with Crippen LogP contribution in [-0.4, -0.2) is 23.4 Å². The number of thiophene rings is 1. The van der Waals surface area contributed by atoms with E-state index in [1.165, 1.54) is 10.4 Å². The number of carbonyl (C=O) groups excluding carboxylic acids is 1. The zero-order chi connectivity index (χ0) is 14.0. The molecule has 106 valence electrons. The molecule has 0 radical (unpaired) electrons. The molecule has 0 saturated heterocycles. The van der Waals surface area contributed by atoms with E-state index in [4.69, 9.17) is 5.73 Å². The van der Waals surface area contributed by atoms with Crippen LogP contribution in [0.5, 0.6) is 0 Å². The maximum atomic E-state index is 12.6. The third-order valence-electron chi connectivity index (χ3n) is 4.28. The van der Waals surface area contributed by atoms with Crippen LogP contribution in [-0.2, 0) is 11.3 Å². The fourth-order valence-corrected chi connectivity index (χ4v) is 3.85. The van der Waals surface area contributed by atoms with Gasteiger partial charge in [0, 0.05) is 17.5 Å². The Morgan fingerprint density at radius 1 is 1.58 bits per heavy atom. The molecule has 1 fully saturated rings. The number of hydrogen-bond donors (Lipinski definition) is 1. The van der Waals surface area contributed by atoms with Crippen LogP contribution in [0.15, 0.2) is 11.4 Å². The maximum absolute atomic E-state index is 12.6. The maximum Gasteiger partial charge on any atom is 0.227 e. The van der Waals surface area contributed by atoms with Gasteiger partial charge in [-0.15, -0.1) is 11.3 Å². The molecule has 1 amide bonds. The third-order valence-corrected chi connectivity index (χ3v) is 5.29. The average Bonchev–Trinajstić information content (AvgIpc) is 2.73. The van der Waals surface area contributed by atoms with Gasteiger partial charge in [0.25, 0.3) is 0 Å². The van der Waals surface area contributed by atoms with Crippen LogP contribution < -0.4 is 5.73 Å². The monoisotopic (exact) mass is 280 g/mol. The predicted octanol–water partition coefficient (Wildman–Crippen LogP) is 2.92. The zero-order valence-corrected chi connectivity index (χ0v) is 12.9. The first-order valence-corrected chi connectivity index (χ1v) is 7.86. The molecule has 1 saturated carbocycles. The van der Waals surface area contributed by atoms with Gasteiger partial charge in [-0.25, -0.2) is 0 Å². The molecule has 1 aliphatic rings. The quantitative estimate of drug-likeness (QED) is 0.925. The van der Waals surface area contributed by atoms with E-state index >= 15 is 0 Å². The Morgan fingerprint density at radius 3 is 2.89 bits per heavy atom. The Labute approximate surface area is 119 Å². The van der Waals surface area contributed by atoms with Crippen LogP contribution in [0.2, 0.25) is 0 Å². The molecule has 1 aliphatic carbocycles. The van der Waals surface area contributed by atoms with Gasteiger partial charge in [-0.1, -0.05) is 12.8 Å². The second-order valence-electron chi connectivity index (χ2n) is 6.03. The highest BCUT2D eigenvalue weighted by Crippen LogP contribution is 2.33. The molecule has 3 nitrogen and oxygen atoms in total. The number of aryl methyl sites for hydroxylation is 1. The summed E-state index contributed by atoms with van der Waals surface area (Å²) in [7, 11) is 1.90. The van der Waals surface area contributed by atoms with Gasteiger partial charge in [-0.05, 0) is 43.7 Å². The molecular weight excluding hydrogens is 256 g/mol. The van der Waals surface area contributed by atoms with Crippen molar-refractivity contribution in [1.29, 1.82) is 0 Å². The van der Waals surface area contributed by atoms with E-state index in [2.05, 4.69) is 18.4 Å². The first-order valence-electron chi connectivity index (χ1n) is 6.98. The second kappa shape index (κ2) is 5.63. The van der Waals surface area contributed by atoms with Gasteiger partial charge >= 0.3 is 0 Å². The van der Waals surface area contributed by atoms with Gasteiger partial charge in [0.15, 0.2) is 0 Å². The predicted molar refractivity (Wildman–Crippen MR) is 80.1 cm³/mol. The smallest absolute Gasteiger partial charge is 0.227 e. The van der Waals surface area contributed by atoms with Crippen molar-refractivity contribution in [2.75, 3.05) is 7.05 Å². The largest absolute Gasteiger partial charge is 0.340 e. The molecule has 19 heavy (non-hydrogen) atoms. The van der Waals surface area contributed by atoms with Crippen LogP contribution >= 0.6 is 11.3 Å². The minimum Gasteiger partial charge on any atom is -0.340 e. The molecule has 0 aliphatic heterocycles. The van der Waals surface area contributed by atoms with E-state index < -0.39 is 0 Å². The lowest BCUT2D eigenvalue weighted by atomic mass is 9.74. The Bertz CT molecular complexity index is 453. The van der Waals surface area contributed by atoms with Crippen molar-refractivity contribution in [3.05, 3.63) is 21.9 Å². The number of hydrogen-bond acceptors (Lipinski definition) is 3. The number of amides is 1. The summed E-state index contributed by atoms with van der Waals surface area (Å²) in [5.41, 5.74) is 7.25. The highest BCUT2D eigenvalue weighted by Gasteiger charge is 2.39. The Balaban J connectivity index is 2.04. The fourth-order valence-electron chi connectivity index (χ4n) is 2.89. The number of rotatable bonds is 3. The lowest BCUT2D eigenvalue weighted by Gasteiger charge is -2.39.